The number of ether oxygens (including phenoxy) is 1. The number of methoxy groups -OCH3 is 1. The molecule has 3 aromatic rings. The summed E-state index contributed by atoms with van der Waals surface area (Å²) >= 11 is 0. The molecule has 2 aromatic carbocycles. The van der Waals surface area contributed by atoms with Crippen molar-refractivity contribution in [2.75, 3.05) is 20.2 Å². The standard InChI is InChI=1S/C23H23N3O2/c1-28-20-12-6-5-11-19(20)22-21(24-13-14-25-22)18-10-7-15-26(16-18)23(27)17-8-3-2-4-9-17/h2-6,8-9,11-14,18H,7,10,15-16H2,1H3/t18-/m1/s1. The molecule has 2 heterocycles. The van der Waals surface area contributed by atoms with E-state index in [0.29, 0.717) is 6.54 Å². The molecule has 0 radical (unpaired) electrons. The van der Waals surface area contributed by atoms with Crippen molar-refractivity contribution in [1.29, 1.82) is 0 Å². The Morgan fingerprint density at radius 3 is 2.61 bits per heavy atom. The van der Waals surface area contributed by atoms with Crippen LogP contribution in [0.1, 0.15) is 34.8 Å². The molecule has 1 saturated heterocycles. The Balaban J connectivity index is 1.64. The summed E-state index contributed by atoms with van der Waals surface area (Å²) in [5.74, 6) is 1.00. The number of para-hydroxylation sites is 1. The Morgan fingerprint density at radius 1 is 1.04 bits per heavy atom. The van der Waals surface area contributed by atoms with Crippen molar-refractivity contribution >= 4 is 5.91 Å². The van der Waals surface area contributed by atoms with Crippen LogP contribution in [0.2, 0.25) is 0 Å². The second-order valence-corrected chi connectivity index (χ2v) is 6.95. The van der Waals surface area contributed by atoms with Gasteiger partial charge in [0, 0.05) is 42.5 Å². The van der Waals surface area contributed by atoms with E-state index in [9.17, 15) is 4.79 Å². The van der Waals surface area contributed by atoms with Gasteiger partial charge in [0.25, 0.3) is 5.91 Å². The average molecular weight is 373 g/mol. The average Bonchev–Trinajstić information content (AvgIpc) is 2.79. The van der Waals surface area contributed by atoms with Crippen LogP contribution < -0.4 is 4.74 Å². The lowest BCUT2D eigenvalue weighted by Crippen LogP contribution is -2.39. The highest BCUT2D eigenvalue weighted by Gasteiger charge is 2.29. The van der Waals surface area contributed by atoms with Crippen molar-refractivity contribution in [1.82, 2.24) is 14.9 Å². The van der Waals surface area contributed by atoms with Crippen molar-refractivity contribution in [2.24, 2.45) is 0 Å². The summed E-state index contributed by atoms with van der Waals surface area (Å²) in [5.41, 5.74) is 3.42. The van der Waals surface area contributed by atoms with Crippen LogP contribution in [-0.2, 0) is 0 Å². The summed E-state index contributed by atoms with van der Waals surface area (Å²) in [7, 11) is 1.66. The second-order valence-electron chi connectivity index (χ2n) is 6.95. The quantitative estimate of drug-likeness (QED) is 0.689. The van der Waals surface area contributed by atoms with Gasteiger partial charge in [-0.05, 0) is 37.1 Å². The predicted molar refractivity (Wildman–Crippen MR) is 108 cm³/mol. The summed E-state index contributed by atoms with van der Waals surface area (Å²) in [6.07, 6.45) is 5.37. The number of rotatable bonds is 4. The molecule has 0 aliphatic carbocycles. The summed E-state index contributed by atoms with van der Waals surface area (Å²) in [6, 6.07) is 17.3. The van der Waals surface area contributed by atoms with Crippen LogP contribution in [0.4, 0.5) is 0 Å². The maximum absolute atomic E-state index is 12.9. The zero-order chi connectivity index (χ0) is 19.3. The summed E-state index contributed by atoms with van der Waals surface area (Å²) in [4.78, 5) is 24.1. The Kier molecular flexibility index (Phi) is 5.33. The molecule has 28 heavy (non-hydrogen) atoms. The number of hydrogen-bond acceptors (Lipinski definition) is 4. The third-order valence-corrected chi connectivity index (χ3v) is 5.20. The van der Waals surface area contributed by atoms with E-state index in [-0.39, 0.29) is 11.8 Å². The van der Waals surface area contributed by atoms with E-state index in [2.05, 4.69) is 9.97 Å². The zero-order valence-electron chi connectivity index (χ0n) is 15.9. The molecule has 1 aliphatic heterocycles. The highest BCUT2D eigenvalue weighted by molar-refractivity contribution is 5.94. The largest absolute Gasteiger partial charge is 0.496 e. The number of amides is 1. The van der Waals surface area contributed by atoms with Gasteiger partial charge >= 0.3 is 0 Å². The summed E-state index contributed by atoms with van der Waals surface area (Å²) in [6.45, 7) is 1.42. The molecule has 0 unspecified atom stereocenters. The molecular formula is C23H23N3O2. The number of likely N-dealkylation sites (tertiary alicyclic amines) is 1. The van der Waals surface area contributed by atoms with Gasteiger partial charge in [-0.25, -0.2) is 0 Å². The Morgan fingerprint density at radius 2 is 1.79 bits per heavy atom. The highest BCUT2D eigenvalue weighted by atomic mass is 16.5. The van der Waals surface area contributed by atoms with Crippen LogP contribution in [0.25, 0.3) is 11.3 Å². The van der Waals surface area contributed by atoms with Crippen molar-refractivity contribution in [3.63, 3.8) is 0 Å². The van der Waals surface area contributed by atoms with E-state index in [4.69, 9.17) is 4.74 Å². The normalized spacial score (nSPS) is 16.6. The molecule has 0 saturated carbocycles. The Bertz CT molecular complexity index is 959. The first-order valence-electron chi connectivity index (χ1n) is 9.56. The molecule has 1 aromatic heterocycles. The molecule has 5 heteroatoms. The van der Waals surface area contributed by atoms with Crippen molar-refractivity contribution in [2.45, 2.75) is 18.8 Å². The minimum absolute atomic E-state index is 0.0769. The van der Waals surface area contributed by atoms with Crippen molar-refractivity contribution in [3.05, 3.63) is 78.2 Å². The van der Waals surface area contributed by atoms with Gasteiger partial charge in [-0.2, -0.15) is 0 Å². The Labute approximate surface area is 165 Å². The van der Waals surface area contributed by atoms with Crippen molar-refractivity contribution < 1.29 is 9.53 Å². The van der Waals surface area contributed by atoms with Crippen LogP contribution in [0.5, 0.6) is 5.75 Å². The van der Waals surface area contributed by atoms with E-state index in [1.165, 1.54) is 0 Å². The van der Waals surface area contributed by atoms with Crippen LogP contribution in [0, 0.1) is 0 Å². The molecule has 4 rings (SSSR count). The maximum Gasteiger partial charge on any atom is 0.253 e. The van der Waals surface area contributed by atoms with Gasteiger partial charge in [0.2, 0.25) is 0 Å². The molecule has 0 bridgehead atoms. The SMILES string of the molecule is COc1ccccc1-c1nccnc1[C@@H]1CCCN(C(=O)c2ccccc2)C1. The number of carbonyl (C=O) groups excluding carboxylic acids is 1. The molecule has 1 fully saturated rings. The molecule has 5 nitrogen and oxygen atoms in total. The molecule has 0 spiro atoms. The minimum Gasteiger partial charge on any atom is -0.496 e. The van der Waals surface area contributed by atoms with E-state index >= 15 is 0 Å². The minimum atomic E-state index is 0.0769. The fourth-order valence-electron chi connectivity index (χ4n) is 3.84. The summed E-state index contributed by atoms with van der Waals surface area (Å²) in [5, 5.41) is 0. The Hall–Kier alpha value is -3.21. The maximum atomic E-state index is 12.9. The number of nitrogens with zero attached hydrogens (tertiary/aromatic N) is 3. The molecule has 142 valence electrons. The fraction of sp³-hybridized carbons (Fsp3) is 0.261. The molecule has 1 atom stereocenters. The third kappa shape index (κ3) is 3.60. The smallest absolute Gasteiger partial charge is 0.253 e. The van der Waals surface area contributed by atoms with E-state index in [1.807, 2.05) is 59.5 Å². The lowest BCUT2D eigenvalue weighted by molar-refractivity contribution is 0.0706. The first kappa shape index (κ1) is 18.2. The van der Waals surface area contributed by atoms with Crippen LogP contribution in [0.3, 0.4) is 0 Å². The first-order chi connectivity index (χ1) is 13.8. The van der Waals surface area contributed by atoms with Crippen molar-refractivity contribution in [3.8, 4) is 17.0 Å². The van der Waals surface area contributed by atoms with Gasteiger partial charge in [-0.15, -0.1) is 0 Å². The third-order valence-electron chi connectivity index (χ3n) is 5.20. The van der Waals surface area contributed by atoms with Gasteiger partial charge in [0.15, 0.2) is 0 Å². The lowest BCUT2D eigenvalue weighted by Gasteiger charge is -2.33. The van der Waals surface area contributed by atoms with E-state index < -0.39 is 0 Å². The van der Waals surface area contributed by atoms with Gasteiger partial charge in [-0.3, -0.25) is 14.8 Å². The number of hydrogen-bond donors (Lipinski definition) is 0. The summed E-state index contributed by atoms with van der Waals surface area (Å²) < 4.78 is 5.53. The molecule has 1 aliphatic rings. The fourth-order valence-corrected chi connectivity index (χ4v) is 3.84. The van der Waals surface area contributed by atoms with Gasteiger partial charge in [0.1, 0.15) is 5.75 Å². The van der Waals surface area contributed by atoms with Crippen LogP contribution >= 0.6 is 0 Å². The van der Waals surface area contributed by atoms with Gasteiger partial charge in [-0.1, -0.05) is 30.3 Å². The topological polar surface area (TPSA) is 55.3 Å². The van der Waals surface area contributed by atoms with Gasteiger partial charge < -0.3 is 9.64 Å². The van der Waals surface area contributed by atoms with E-state index in [1.54, 1.807) is 19.5 Å². The number of carbonyl (C=O) groups is 1. The zero-order valence-corrected chi connectivity index (χ0v) is 15.9. The van der Waals surface area contributed by atoms with E-state index in [0.717, 1.165) is 47.7 Å². The number of piperidine rings is 1. The predicted octanol–water partition coefficient (Wildman–Crippen LogP) is 4.17. The van der Waals surface area contributed by atoms with Crippen LogP contribution in [0.15, 0.2) is 67.0 Å². The number of benzene rings is 2. The van der Waals surface area contributed by atoms with Crippen LogP contribution in [-0.4, -0.2) is 41.0 Å². The monoisotopic (exact) mass is 373 g/mol. The molecular weight excluding hydrogens is 350 g/mol. The second kappa shape index (κ2) is 8.21. The molecule has 0 N–H and O–H groups in total. The highest BCUT2D eigenvalue weighted by Crippen LogP contribution is 2.35. The molecule has 1 amide bonds. The number of aromatic nitrogens is 2. The first-order valence-corrected chi connectivity index (χ1v) is 9.56. The van der Waals surface area contributed by atoms with Gasteiger partial charge in [0.05, 0.1) is 18.5 Å². The lowest BCUT2D eigenvalue weighted by atomic mass is 9.91.